The van der Waals surface area contributed by atoms with Crippen LogP contribution in [0.3, 0.4) is 0 Å². The number of benzene rings is 1. The summed E-state index contributed by atoms with van der Waals surface area (Å²) in [5, 5.41) is 9.60. The zero-order chi connectivity index (χ0) is 12.3. The first-order chi connectivity index (χ1) is 8.26. The molecule has 2 rings (SSSR count). The van der Waals surface area contributed by atoms with E-state index < -0.39 is 0 Å². The van der Waals surface area contributed by atoms with Crippen molar-refractivity contribution < 1.29 is 9.84 Å². The van der Waals surface area contributed by atoms with Gasteiger partial charge < -0.3 is 15.6 Å². The van der Waals surface area contributed by atoms with Crippen LogP contribution in [0.1, 0.15) is 18.0 Å². The number of methoxy groups -OCH3 is 1. The Morgan fingerprint density at radius 2 is 2.29 bits per heavy atom. The van der Waals surface area contributed by atoms with Gasteiger partial charge in [-0.25, -0.2) is 0 Å². The molecule has 0 radical (unpaired) electrons. The van der Waals surface area contributed by atoms with Gasteiger partial charge in [0.1, 0.15) is 5.75 Å². The van der Waals surface area contributed by atoms with Gasteiger partial charge in [0.25, 0.3) is 0 Å². The van der Waals surface area contributed by atoms with E-state index in [9.17, 15) is 5.11 Å². The maximum atomic E-state index is 9.60. The summed E-state index contributed by atoms with van der Waals surface area (Å²) in [5.41, 5.74) is 6.98. The molecule has 0 saturated carbocycles. The van der Waals surface area contributed by atoms with Crippen LogP contribution in [0.4, 0.5) is 0 Å². The van der Waals surface area contributed by atoms with E-state index >= 15 is 0 Å². The number of β-amino-alcohol motifs (C(OH)–C–C–N with tert-alkyl or cyclic N) is 1. The Bertz CT molecular complexity index is 370. The molecule has 0 spiro atoms. The minimum atomic E-state index is -0.223. The molecule has 2 atom stereocenters. The minimum absolute atomic E-state index is 0.128. The Morgan fingerprint density at radius 3 is 2.88 bits per heavy atom. The number of hydrogen-bond donors (Lipinski definition) is 2. The third-order valence-corrected chi connectivity index (χ3v) is 3.36. The summed E-state index contributed by atoms with van der Waals surface area (Å²) in [5.74, 6) is 0.865. The third kappa shape index (κ3) is 2.60. The van der Waals surface area contributed by atoms with E-state index in [0.29, 0.717) is 13.1 Å². The Morgan fingerprint density at radius 1 is 1.53 bits per heavy atom. The van der Waals surface area contributed by atoms with E-state index in [0.717, 1.165) is 24.3 Å². The van der Waals surface area contributed by atoms with E-state index in [-0.39, 0.29) is 12.1 Å². The van der Waals surface area contributed by atoms with Crippen molar-refractivity contribution in [2.24, 2.45) is 5.73 Å². The van der Waals surface area contributed by atoms with Crippen LogP contribution < -0.4 is 10.5 Å². The number of rotatable bonds is 4. The van der Waals surface area contributed by atoms with E-state index in [1.807, 2.05) is 24.3 Å². The van der Waals surface area contributed by atoms with E-state index in [1.165, 1.54) is 0 Å². The highest BCUT2D eigenvalue weighted by molar-refractivity contribution is 5.36. The third-order valence-electron chi connectivity index (χ3n) is 3.36. The molecular formula is C13H20N2O2. The van der Waals surface area contributed by atoms with Gasteiger partial charge in [-0.1, -0.05) is 18.2 Å². The molecule has 1 aliphatic heterocycles. The molecule has 1 aliphatic rings. The molecule has 1 aromatic rings. The summed E-state index contributed by atoms with van der Waals surface area (Å²) >= 11 is 0. The molecule has 3 N–H and O–H groups in total. The van der Waals surface area contributed by atoms with Crippen LogP contribution in [0.2, 0.25) is 0 Å². The van der Waals surface area contributed by atoms with Crippen LogP contribution in [-0.4, -0.2) is 42.9 Å². The van der Waals surface area contributed by atoms with Gasteiger partial charge in [0.2, 0.25) is 0 Å². The molecule has 0 aliphatic carbocycles. The van der Waals surface area contributed by atoms with Crippen molar-refractivity contribution in [2.75, 3.05) is 26.7 Å². The number of aliphatic hydroxyl groups is 1. The van der Waals surface area contributed by atoms with Crippen LogP contribution >= 0.6 is 0 Å². The fraction of sp³-hybridized carbons (Fsp3) is 0.538. The summed E-state index contributed by atoms with van der Waals surface area (Å²) in [7, 11) is 1.67. The molecule has 1 fully saturated rings. The first-order valence-electron chi connectivity index (χ1n) is 6.01. The quantitative estimate of drug-likeness (QED) is 0.810. The Labute approximate surface area is 102 Å². The van der Waals surface area contributed by atoms with E-state index in [4.69, 9.17) is 10.5 Å². The number of aliphatic hydroxyl groups excluding tert-OH is 1. The van der Waals surface area contributed by atoms with Crippen molar-refractivity contribution in [3.8, 4) is 5.75 Å². The summed E-state index contributed by atoms with van der Waals surface area (Å²) in [6.07, 6.45) is 0.602. The van der Waals surface area contributed by atoms with Crippen LogP contribution in [0.25, 0.3) is 0 Å². The monoisotopic (exact) mass is 236 g/mol. The van der Waals surface area contributed by atoms with Gasteiger partial charge in [-0.05, 0) is 12.5 Å². The van der Waals surface area contributed by atoms with Gasteiger partial charge in [-0.3, -0.25) is 4.90 Å². The van der Waals surface area contributed by atoms with Gasteiger partial charge in [-0.15, -0.1) is 0 Å². The number of para-hydroxylation sites is 1. The largest absolute Gasteiger partial charge is 0.496 e. The average Bonchev–Trinajstić information content (AvgIpc) is 2.77. The number of likely N-dealkylation sites (tertiary alicyclic amines) is 1. The van der Waals surface area contributed by atoms with Crippen LogP contribution in [0.5, 0.6) is 5.75 Å². The predicted molar refractivity (Wildman–Crippen MR) is 67.0 cm³/mol. The topological polar surface area (TPSA) is 58.7 Å². The average molecular weight is 236 g/mol. The summed E-state index contributed by atoms with van der Waals surface area (Å²) in [4.78, 5) is 2.22. The first kappa shape index (κ1) is 12.4. The van der Waals surface area contributed by atoms with Crippen molar-refractivity contribution in [1.82, 2.24) is 4.90 Å². The Balaban J connectivity index is 2.22. The second kappa shape index (κ2) is 5.49. The summed E-state index contributed by atoms with van der Waals surface area (Å²) in [6, 6.07) is 8.07. The van der Waals surface area contributed by atoms with Crippen molar-refractivity contribution >= 4 is 0 Å². The molecule has 0 aromatic heterocycles. The predicted octanol–water partition coefficient (Wildman–Crippen LogP) is 0.762. The lowest BCUT2D eigenvalue weighted by molar-refractivity contribution is 0.159. The van der Waals surface area contributed by atoms with Crippen molar-refractivity contribution in [2.45, 2.75) is 18.6 Å². The van der Waals surface area contributed by atoms with Crippen LogP contribution in [0, 0.1) is 0 Å². The molecule has 4 heteroatoms. The van der Waals surface area contributed by atoms with Crippen molar-refractivity contribution in [1.29, 1.82) is 0 Å². The zero-order valence-corrected chi connectivity index (χ0v) is 10.2. The highest BCUT2D eigenvalue weighted by atomic mass is 16.5. The lowest BCUT2D eigenvalue weighted by Gasteiger charge is -2.27. The van der Waals surface area contributed by atoms with Crippen LogP contribution in [0.15, 0.2) is 24.3 Å². The lowest BCUT2D eigenvalue weighted by atomic mass is 10.0. The van der Waals surface area contributed by atoms with Gasteiger partial charge >= 0.3 is 0 Å². The fourth-order valence-corrected chi connectivity index (χ4v) is 2.47. The molecule has 1 aromatic carbocycles. The van der Waals surface area contributed by atoms with Gasteiger partial charge in [0, 0.05) is 25.2 Å². The SMILES string of the molecule is COc1ccccc1C(CN)N1CCC(O)C1. The van der Waals surface area contributed by atoms with E-state index in [2.05, 4.69) is 4.90 Å². The van der Waals surface area contributed by atoms with Crippen molar-refractivity contribution in [3.63, 3.8) is 0 Å². The maximum absolute atomic E-state index is 9.60. The van der Waals surface area contributed by atoms with E-state index in [1.54, 1.807) is 7.11 Å². The van der Waals surface area contributed by atoms with Gasteiger partial charge in [0.05, 0.1) is 19.3 Å². The summed E-state index contributed by atoms with van der Waals surface area (Å²) < 4.78 is 5.37. The summed E-state index contributed by atoms with van der Waals surface area (Å²) in [6.45, 7) is 2.12. The molecule has 1 heterocycles. The van der Waals surface area contributed by atoms with Crippen molar-refractivity contribution in [3.05, 3.63) is 29.8 Å². The molecule has 17 heavy (non-hydrogen) atoms. The molecule has 0 amide bonds. The standard InChI is InChI=1S/C13H20N2O2/c1-17-13-5-3-2-4-11(13)12(8-14)15-7-6-10(16)9-15/h2-5,10,12,16H,6-9,14H2,1H3. The molecule has 4 nitrogen and oxygen atoms in total. The van der Waals surface area contributed by atoms with Gasteiger partial charge in [-0.2, -0.15) is 0 Å². The molecular weight excluding hydrogens is 216 g/mol. The molecule has 2 unspecified atom stereocenters. The van der Waals surface area contributed by atoms with Crippen LogP contribution in [-0.2, 0) is 0 Å². The number of nitrogens with two attached hydrogens (primary N) is 1. The first-order valence-corrected chi connectivity index (χ1v) is 6.01. The number of ether oxygens (including phenoxy) is 1. The highest BCUT2D eigenvalue weighted by Gasteiger charge is 2.28. The molecule has 1 saturated heterocycles. The smallest absolute Gasteiger partial charge is 0.123 e. The number of hydrogen-bond acceptors (Lipinski definition) is 4. The van der Waals surface area contributed by atoms with Gasteiger partial charge in [0.15, 0.2) is 0 Å². The normalized spacial score (nSPS) is 22.6. The lowest BCUT2D eigenvalue weighted by Crippen LogP contribution is -2.32. The zero-order valence-electron chi connectivity index (χ0n) is 10.2. The second-order valence-electron chi connectivity index (χ2n) is 4.43. The Hall–Kier alpha value is -1.10. The molecule has 94 valence electrons. The Kier molecular flexibility index (Phi) is 3.99. The molecule has 0 bridgehead atoms. The maximum Gasteiger partial charge on any atom is 0.123 e. The fourth-order valence-electron chi connectivity index (χ4n) is 2.47. The second-order valence-corrected chi connectivity index (χ2v) is 4.43. The number of nitrogens with zero attached hydrogens (tertiary/aromatic N) is 1. The minimum Gasteiger partial charge on any atom is -0.496 e. The highest BCUT2D eigenvalue weighted by Crippen LogP contribution is 2.30.